The quantitative estimate of drug-likeness (QED) is 0.878. The number of amides is 2. The van der Waals surface area contributed by atoms with Gasteiger partial charge in [0.15, 0.2) is 0 Å². The van der Waals surface area contributed by atoms with Gasteiger partial charge in [0.2, 0.25) is 0 Å². The number of benzene rings is 1. The number of carbonyl (C=O) groups is 1. The Morgan fingerprint density at radius 2 is 1.90 bits per heavy atom. The molecular weight excluding hydrogens is 250 g/mol. The molecule has 2 amide bonds. The highest BCUT2D eigenvalue weighted by molar-refractivity contribution is 5.78. The highest BCUT2D eigenvalue weighted by atomic mass is 16.2. The second-order valence-electron chi connectivity index (χ2n) is 5.97. The topological polar surface area (TPSA) is 44.4 Å². The van der Waals surface area contributed by atoms with E-state index in [1.165, 1.54) is 5.56 Å². The molecule has 0 aromatic heterocycles. The van der Waals surface area contributed by atoms with E-state index in [4.69, 9.17) is 0 Å². The second-order valence-corrected chi connectivity index (χ2v) is 5.97. The minimum absolute atomic E-state index is 0.0368. The van der Waals surface area contributed by atoms with Crippen molar-refractivity contribution in [3.8, 4) is 0 Å². The van der Waals surface area contributed by atoms with Gasteiger partial charge in [-0.3, -0.25) is 0 Å². The van der Waals surface area contributed by atoms with Crippen molar-refractivity contribution in [3.63, 3.8) is 0 Å². The van der Waals surface area contributed by atoms with Gasteiger partial charge in [-0.15, -0.1) is 0 Å². The summed E-state index contributed by atoms with van der Waals surface area (Å²) in [6, 6.07) is 10.6. The van der Waals surface area contributed by atoms with E-state index in [1.54, 1.807) is 0 Å². The number of urea groups is 1. The van der Waals surface area contributed by atoms with E-state index in [0.717, 1.165) is 51.9 Å². The summed E-state index contributed by atoms with van der Waals surface area (Å²) in [5.74, 6) is 0. The maximum Gasteiger partial charge on any atom is 0.317 e. The molecule has 4 nitrogen and oxygen atoms in total. The average Bonchev–Trinajstić information content (AvgIpc) is 2.77. The van der Waals surface area contributed by atoms with Gasteiger partial charge in [0, 0.05) is 13.1 Å². The van der Waals surface area contributed by atoms with Gasteiger partial charge in [0.1, 0.15) is 0 Å². The minimum atomic E-state index is 0.0368. The molecule has 0 aliphatic carbocycles. The van der Waals surface area contributed by atoms with E-state index in [2.05, 4.69) is 34.9 Å². The van der Waals surface area contributed by atoms with Gasteiger partial charge in [-0.05, 0) is 44.3 Å². The summed E-state index contributed by atoms with van der Waals surface area (Å²) >= 11 is 0. The molecule has 0 saturated carbocycles. The summed E-state index contributed by atoms with van der Waals surface area (Å²) in [4.78, 5) is 14.1. The SMILES string of the molecule is O=C1NC2(CCNCC2)CN1CCCc1ccccc1. The van der Waals surface area contributed by atoms with Gasteiger partial charge in [0.25, 0.3) is 0 Å². The average molecular weight is 273 g/mol. The number of piperidine rings is 1. The van der Waals surface area contributed by atoms with E-state index in [0.29, 0.717) is 0 Å². The van der Waals surface area contributed by atoms with Crippen LogP contribution in [0.5, 0.6) is 0 Å². The number of nitrogens with one attached hydrogen (secondary N) is 2. The first-order valence-corrected chi connectivity index (χ1v) is 7.59. The molecule has 0 atom stereocenters. The molecule has 4 heteroatoms. The minimum Gasteiger partial charge on any atom is -0.331 e. The molecule has 3 rings (SSSR count). The Hall–Kier alpha value is -1.55. The zero-order valence-corrected chi connectivity index (χ0v) is 11.9. The summed E-state index contributed by atoms with van der Waals surface area (Å²) < 4.78 is 0. The smallest absolute Gasteiger partial charge is 0.317 e. The van der Waals surface area contributed by atoms with Crippen LogP contribution in [0.15, 0.2) is 30.3 Å². The predicted molar refractivity (Wildman–Crippen MR) is 79.7 cm³/mol. The molecule has 2 saturated heterocycles. The fourth-order valence-corrected chi connectivity index (χ4v) is 3.27. The third-order valence-electron chi connectivity index (χ3n) is 4.45. The lowest BCUT2D eigenvalue weighted by Crippen LogP contribution is -2.51. The van der Waals surface area contributed by atoms with Crippen molar-refractivity contribution in [1.29, 1.82) is 0 Å². The zero-order valence-electron chi connectivity index (χ0n) is 11.9. The van der Waals surface area contributed by atoms with Crippen LogP contribution in [0, 0.1) is 0 Å². The highest BCUT2D eigenvalue weighted by Crippen LogP contribution is 2.25. The number of rotatable bonds is 4. The third-order valence-corrected chi connectivity index (χ3v) is 4.45. The van der Waals surface area contributed by atoms with Gasteiger partial charge in [-0.1, -0.05) is 30.3 Å². The monoisotopic (exact) mass is 273 g/mol. The number of carbonyl (C=O) groups excluding carboxylic acids is 1. The Bertz CT molecular complexity index is 454. The maximum atomic E-state index is 12.1. The molecule has 2 aliphatic rings. The summed E-state index contributed by atoms with van der Waals surface area (Å²) in [6.07, 6.45) is 4.17. The first kappa shape index (κ1) is 13.4. The van der Waals surface area contributed by atoms with E-state index in [1.807, 2.05) is 11.0 Å². The number of hydrogen-bond acceptors (Lipinski definition) is 2. The van der Waals surface area contributed by atoms with Crippen LogP contribution in [-0.2, 0) is 6.42 Å². The Morgan fingerprint density at radius 3 is 2.65 bits per heavy atom. The number of aryl methyl sites for hydroxylation is 1. The zero-order chi connectivity index (χ0) is 13.8. The number of nitrogens with zero attached hydrogens (tertiary/aromatic N) is 1. The molecular formula is C16H23N3O. The Balaban J connectivity index is 1.49. The lowest BCUT2D eigenvalue weighted by atomic mass is 9.89. The van der Waals surface area contributed by atoms with Crippen molar-refractivity contribution in [3.05, 3.63) is 35.9 Å². The normalized spacial score (nSPS) is 21.2. The van der Waals surface area contributed by atoms with Crippen molar-refractivity contribution in [2.45, 2.75) is 31.2 Å². The molecule has 1 spiro atoms. The van der Waals surface area contributed by atoms with Crippen LogP contribution in [0.2, 0.25) is 0 Å². The molecule has 1 aromatic rings. The van der Waals surface area contributed by atoms with Crippen LogP contribution in [0.4, 0.5) is 4.79 Å². The van der Waals surface area contributed by atoms with Crippen LogP contribution in [0.3, 0.4) is 0 Å². The summed E-state index contributed by atoms with van der Waals surface area (Å²) in [5, 5.41) is 6.58. The summed E-state index contributed by atoms with van der Waals surface area (Å²) in [7, 11) is 0. The van der Waals surface area contributed by atoms with Gasteiger partial charge in [-0.25, -0.2) is 4.79 Å². The third kappa shape index (κ3) is 2.96. The van der Waals surface area contributed by atoms with Crippen molar-refractivity contribution < 1.29 is 4.79 Å². The molecule has 20 heavy (non-hydrogen) atoms. The standard InChI is InChI=1S/C16H23N3O/c20-15-18-16(8-10-17-11-9-16)13-19(15)12-4-7-14-5-2-1-3-6-14/h1-3,5-6,17H,4,7-13H2,(H,18,20). The van der Waals surface area contributed by atoms with Crippen LogP contribution >= 0.6 is 0 Å². The molecule has 0 unspecified atom stereocenters. The van der Waals surface area contributed by atoms with E-state index < -0.39 is 0 Å². The van der Waals surface area contributed by atoms with Gasteiger partial charge >= 0.3 is 6.03 Å². The van der Waals surface area contributed by atoms with Crippen LogP contribution in [-0.4, -0.2) is 42.6 Å². The molecule has 0 bridgehead atoms. The lowest BCUT2D eigenvalue weighted by Gasteiger charge is -2.33. The van der Waals surface area contributed by atoms with Crippen LogP contribution in [0.1, 0.15) is 24.8 Å². The Labute approximate surface area is 120 Å². The molecule has 0 radical (unpaired) electrons. The maximum absolute atomic E-state index is 12.1. The molecule has 1 aromatic carbocycles. The highest BCUT2D eigenvalue weighted by Gasteiger charge is 2.42. The van der Waals surface area contributed by atoms with Crippen molar-refractivity contribution in [2.75, 3.05) is 26.2 Å². The second kappa shape index (κ2) is 5.83. The van der Waals surface area contributed by atoms with Gasteiger partial charge < -0.3 is 15.5 Å². The van der Waals surface area contributed by atoms with Gasteiger partial charge in [-0.2, -0.15) is 0 Å². The molecule has 2 N–H and O–H groups in total. The first-order valence-electron chi connectivity index (χ1n) is 7.59. The summed E-state index contributed by atoms with van der Waals surface area (Å²) in [5.41, 5.74) is 1.39. The first-order chi connectivity index (χ1) is 9.77. The van der Waals surface area contributed by atoms with E-state index in [-0.39, 0.29) is 11.6 Å². The molecule has 108 valence electrons. The Morgan fingerprint density at radius 1 is 1.15 bits per heavy atom. The largest absolute Gasteiger partial charge is 0.331 e. The Kier molecular flexibility index (Phi) is 3.92. The fourth-order valence-electron chi connectivity index (χ4n) is 3.27. The fraction of sp³-hybridized carbons (Fsp3) is 0.562. The lowest BCUT2D eigenvalue weighted by molar-refractivity contribution is 0.216. The van der Waals surface area contributed by atoms with Crippen molar-refractivity contribution >= 4 is 6.03 Å². The molecule has 2 aliphatic heterocycles. The number of hydrogen-bond donors (Lipinski definition) is 2. The van der Waals surface area contributed by atoms with Crippen molar-refractivity contribution in [1.82, 2.24) is 15.5 Å². The van der Waals surface area contributed by atoms with E-state index in [9.17, 15) is 4.79 Å². The van der Waals surface area contributed by atoms with Crippen LogP contribution in [0.25, 0.3) is 0 Å². The van der Waals surface area contributed by atoms with Gasteiger partial charge in [0.05, 0.1) is 5.54 Å². The molecule has 2 heterocycles. The molecule has 2 fully saturated rings. The predicted octanol–water partition coefficient (Wildman–Crippen LogP) is 1.77. The van der Waals surface area contributed by atoms with Crippen LogP contribution < -0.4 is 10.6 Å². The van der Waals surface area contributed by atoms with Crippen molar-refractivity contribution in [2.24, 2.45) is 0 Å². The summed E-state index contributed by atoms with van der Waals surface area (Å²) in [6.45, 7) is 3.76. The van der Waals surface area contributed by atoms with E-state index >= 15 is 0 Å².